The molecule has 2 aromatic rings. The van der Waals surface area contributed by atoms with E-state index < -0.39 is 15.7 Å². The van der Waals surface area contributed by atoms with Crippen LogP contribution in [0.25, 0.3) is 0 Å². The molecule has 0 aliphatic heterocycles. The van der Waals surface area contributed by atoms with Crippen molar-refractivity contribution in [2.45, 2.75) is 25.2 Å². The van der Waals surface area contributed by atoms with E-state index in [1.807, 2.05) is 0 Å². The number of hydrogen-bond donors (Lipinski definition) is 1. The van der Waals surface area contributed by atoms with Crippen LogP contribution in [0.15, 0.2) is 41.3 Å². The van der Waals surface area contributed by atoms with Crippen LogP contribution in [0.1, 0.15) is 25.0 Å². The van der Waals surface area contributed by atoms with E-state index in [1.54, 1.807) is 38.3 Å². The molecule has 0 radical (unpaired) electrons. The van der Waals surface area contributed by atoms with Crippen molar-refractivity contribution in [3.8, 4) is 5.75 Å². The number of carbonyl (C=O) groups excluding carboxylic acids is 1. The first kappa shape index (κ1) is 24.1. The first-order valence-electron chi connectivity index (χ1n) is 9.04. The predicted molar refractivity (Wildman–Crippen MR) is 116 cm³/mol. The van der Waals surface area contributed by atoms with E-state index in [0.29, 0.717) is 11.3 Å². The Balaban J connectivity index is 2.35. The van der Waals surface area contributed by atoms with Gasteiger partial charge < -0.3 is 4.74 Å². The summed E-state index contributed by atoms with van der Waals surface area (Å²) in [4.78, 5) is 18.1. The molecule has 1 amide bonds. The van der Waals surface area contributed by atoms with Crippen LogP contribution >= 0.6 is 23.2 Å². The number of nitrogens with one attached hydrogen (secondary N) is 1. The third kappa shape index (κ3) is 5.51. The van der Waals surface area contributed by atoms with E-state index in [2.05, 4.69) is 0 Å². The number of sulfone groups is 1. The normalized spacial score (nSPS) is 11.2. The Morgan fingerprint density at radius 1 is 1.10 bits per heavy atom. The molecule has 0 saturated carbocycles. The van der Waals surface area contributed by atoms with Crippen molar-refractivity contribution < 1.29 is 22.8 Å². The number of amides is 1. The molecule has 0 heterocycles. The first-order chi connectivity index (χ1) is 14.1. The number of carbonyl (C=O) groups is 1. The lowest BCUT2D eigenvalue weighted by Gasteiger charge is -2.23. The van der Waals surface area contributed by atoms with Crippen LogP contribution in [-0.4, -0.2) is 44.7 Å². The van der Waals surface area contributed by atoms with Gasteiger partial charge in [0, 0.05) is 0 Å². The fourth-order valence-electron chi connectivity index (χ4n) is 2.60. The van der Waals surface area contributed by atoms with Gasteiger partial charge in [0.1, 0.15) is 5.75 Å². The van der Waals surface area contributed by atoms with Crippen molar-refractivity contribution in [1.29, 1.82) is 5.41 Å². The van der Waals surface area contributed by atoms with Crippen LogP contribution in [0.5, 0.6) is 5.75 Å². The number of rotatable bonds is 8. The van der Waals surface area contributed by atoms with E-state index in [-0.39, 0.29) is 45.1 Å². The van der Waals surface area contributed by atoms with Gasteiger partial charge in [-0.25, -0.2) is 8.42 Å². The van der Waals surface area contributed by atoms with Gasteiger partial charge in [0.2, 0.25) is 0 Å². The Morgan fingerprint density at radius 2 is 1.67 bits per heavy atom. The van der Waals surface area contributed by atoms with Crippen LogP contribution < -0.4 is 4.74 Å². The van der Waals surface area contributed by atoms with Crippen LogP contribution in [-0.2, 0) is 25.9 Å². The minimum atomic E-state index is -3.54. The number of benzene rings is 2. The van der Waals surface area contributed by atoms with Gasteiger partial charge in [-0.2, -0.15) is 5.06 Å². The summed E-state index contributed by atoms with van der Waals surface area (Å²) in [6.45, 7) is 3.29. The Labute approximate surface area is 185 Å². The quantitative estimate of drug-likeness (QED) is 0.353. The molecule has 0 saturated heterocycles. The average Bonchev–Trinajstić information content (AvgIpc) is 2.71. The van der Waals surface area contributed by atoms with Crippen molar-refractivity contribution in [2.75, 3.05) is 19.5 Å². The first-order valence-corrected chi connectivity index (χ1v) is 11.4. The number of halogens is 2. The molecule has 0 aliphatic carbocycles. The maximum Gasteiger partial charge on any atom is 0.256 e. The maximum absolute atomic E-state index is 12.8. The summed E-state index contributed by atoms with van der Waals surface area (Å²) >= 11 is 12.5. The van der Waals surface area contributed by atoms with Gasteiger partial charge in [-0.15, -0.1) is 0 Å². The lowest BCUT2D eigenvalue weighted by atomic mass is 10.1. The fourth-order valence-corrected chi connectivity index (χ4v) is 4.33. The molecule has 0 spiro atoms. The van der Waals surface area contributed by atoms with Gasteiger partial charge in [-0.1, -0.05) is 42.3 Å². The number of nitrogens with zero attached hydrogens (tertiary/aromatic N) is 1. The SMILES string of the molecule is CCON(C(=N)c1c(Cl)cc(S(=O)(=O)CC)cc1Cl)C(=O)Cc1ccc(OC)cc1. The van der Waals surface area contributed by atoms with Crippen LogP contribution in [0.2, 0.25) is 10.0 Å². The van der Waals surface area contributed by atoms with Crippen LogP contribution in [0, 0.1) is 5.41 Å². The summed E-state index contributed by atoms with van der Waals surface area (Å²) in [7, 11) is -2.00. The molecule has 2 rings (SSSR count). The summed E-state index contributed by atoms with van der Waals surface area (Å²) < 4.78 is 29.3. The third-order valence-corrected chi connectivity index (χ3v) is 6.50. The summed E-state index contributed by atoms with van der Waals surface area (Å²) in [5, 5.41) is 9.12. The highest BCUT2D eigenvalue weighted by Crippen LogP contribution is 2.30. The molecule has 2 aromatic carbocycles. The monoisotopic (exact) mass is 472 g/mol. The zero-order chi connectivity index (χ0) is 22.5. The number of methoxy groups -OCH3 is 1. The number of hydrogen-bond acceptors (Lipinski definition) is 6. The van der Waals surface area contributed by atoms with Crippen molar-refractivity contribution >= 4 is 44.8 Å². The Bertz CT molecular complexity index is 1020. The van der Waals surface area contributed by atoms with Gasteiger partial charge in [-0.3, -0.25) is 15.0 Å². The second-order valence-electron chi connectivity index (χ2n) is 6.14. The molecule has 10 heteroatoms. The van der Waals surface area contributed by atoms with E-state index in [0.717, 1.165) is 5.06 Å². The minimum Gasteiger partial charge on any atom is -0.497 e. The van der Waals surface area contributed by atoms with Crippen LogP contribution in [0.4, 0.5) is 0 Å². The lowest BCUT2D eigenvalue weighted by Crippen LogP contribution is -2.38. The zero-order valence-corrected chi connectivity index (χ0v) is 19.1. The molecular formula is C20H22Cl2N2O5S. The largest absolute Gasteiger partial charge is 0.497 e. The van der Waals surface area contributed by atoms with E-state index in [1.165, 1.54) is 19.1 Å². The van der Waals surface area contributed by atoms with E-state index in [9.17, 15) is 13.2 Å². The topological polar surface area (TPSA) is 96.8 Å². The van der Waals surface area contributed by atoms with Crippen LogP contribution in [0.3, 0.4) is 0 Å². The average molecular weight is 473 g/mol. The second-order valence-corrected chi connectivity index (χ2v) is 9.24. The molecule has 0 bridgehead atoms. The molecule has 0 fully saturated rings. The highest BCUT2D eigenvalue weighted by Gasteiger charge is 2.26. The number of hydroxylamine groups is 2. The van der Waals surface area contributed by atoms with E-state index in [4.69, 9.17) is 38.2 Å². The summed E-state index contributed by atoms with van der Waals surface area (Å²) in [5.41, 5.74) is 0.699. The molecule has 1 N–H and O–H groups in total. The number of ether oxygens (including phenoxy) is 1. The van der Waals surface area contributed by atoms with Gasteiger partial charge in [0.05, 0.1) is 46.4 Å². The molecule has 0 aliphatic rings. The van der Waals surface area contributed by atoms with Crippen molar-refractivity contribution in [3.05, 3.63) is 57.6 Å². The number of amidine groups is 1. The highest BCUT2D eigenvalue weighted by molar-refractivity contribution is 7.91. The zero-order valence-electron chi connectivity index (χ0n) is 16.7. The molecular weight excluding hydrogens is 451 g/mol. The summed E-state index contributed by atoms with van der Waals surface area (Å²) in [6.07, 6.45) is -0.0378. The Morgan fingerprint density at radius 3 is 2.13 bits per heavy atom. The summed E-state index contributed by atoms with van der Waals surface area (Å²) in [6, 6.07) is 9.34. The molecule has 0 aromatic heterocycles. The molecule has 162 valence electrons. The standard InChI is InChI=1S/C20H22Cl2N2O5S/c1-4-29-24(18(25)10-13-6-8-14(28-3)9-7-13)20(23)19-16(21)11-15(12-17(19)22)30(26,27)5-2/h6-9,11-12,23H,4-5,10H2,1-3H3. The predicted octanol–water partition coefficient (Wildman–Crippen LogP) is 4.14. The third-order valence-electron chi connectivity index (χ3n) is 4.19. The summed E-state index contributed by atoms with van der Waals surface area (Å²) in [5.74, 6) is -0.362. The van der Waals surface area contributed by atoms with Gasteiger partial charge in [0.25, 0.3) is 5.91 Å². The molecule has 0 unspecified atom stereocenters. The fraction of sp³-hybridized carbons (Fsp3) is 0.300. The second kappa shape index (κ2) is 10.3. The Kier molecular flexibility index (Phi) is 8.25. The smallest absolute Gasteiger partial charge is 0.256 e. The maximum atomic E-state index is 12.8. The Hall–Kier alpha value is -2.13. The highest BCUT2D eigenvalue weighted by atomic mass is 35.5. The van der Waals surface area contributed by atoms with E-state index >= 15 is 0 Å². The molecule has 0 atom stereocenters. The molecule has 30 heavy (non-hydrogen) atoms. The van der Waals surface area contributed by atoms with Crippen molar-refractivity contribution in [2.24, 2.45) is 0 Å². The minimum absolute atomic E-state index is 0.00455. The van der Waals surface area contributed by atoms with Gasteiger partial charge in [0.15, 0.2) is 15.7 Å². The molecule has 7 nitrogen and oxygen atoms in total. The van der Waals surface area contributed by atoms with Crippen molar-refractivity contribution in [3.63, 3.8) is 0 Å². The van der Waals surface area contributed by atoms with Gasteiger partial charge in [-0.05, 0) is 36.8 Å². The van der Waals surface area contributed by atoms with Gasteiger partial charge >= 0.3 is 0 Å². The lowest BCUT2D eigenvalue weighted by molar-refractivity contribution is -0.161. The van der Waals surface area contributed by atoms with Crippen molar-refractivity contribution in [1.82, 2.24) is 5.06 Å².